The fourth-order valence-corrected chi connectivity index (χ4v) is 3.19. The number of amides is 4. The lowest BCUT2D eigenvalue weighted by Gasteiger charge is -2.24. The third-order valence-corrected chi connectivity index (χ3v) is 5.12. The van der Waals surface area contributed by atoms with Crippen molar-refractivity contribution in [2.45, 2.75) is 70.6 Å². The van der Waals surface area contributed by atoms with Crippen LogP contribution < -0.4 is 27.4 Å². The highest BCUT2D eigenvalue weighted by Crippen LogP contribution is 2.12. The number of phenolic OH excluding ortho intramolecular Hbond substituents is 1. The van der Waals surface area contributed by atoms with Crippen molar-refractivity contribution < 1.29 is 34.2 Å². The molecule has 1 aromatic rings. The molecule has 0 saturated heterocycles. The number of nitrogens with one attached hydrogen (secondary N) is 3. The SMILES string of the molecule is CC(C)CC(N)C(=O)NC(Cc1ccc(O)cc1)C(=O)NC(C)C(=O)NC(CCC(N)=O)C(=O)O. The van der Waals surface area contributed by atoms with Crippen LogP contribution in [0.25, 0.3) is 0 Å². The van der Waals surface area contributed by atoms with Gasteiger partial charge in [0.05, 0.1) is 6.04 Å². The van der Waals surface area contributed by atoms with Gasteiger partial charge in [-0.3, -0.25) is 19.2 Å². The highest BCUT2D eigenvalue weighted by Gasteiger charge is 2.29. The van der Waals surface area contributed by atoms with Gasteiger partial charge in [0, 0.05) is 12.8 Å². The first kappa shape index (κ1) is 29.4. The molecule has 4 amide bonds. The van der Waals surface area contributed by atoms with Crippen LogP contribution in [0.15, 0.2) is 24.3 Å². The summed E-state index contributed by atoms with van der Waals surface area (Å²) >= 11 is 0. The number of carbonyl (C=O) groups is 5. The fourth-order valence-electron chi connectivity index (χ4n) is 3.19. The zero-order chi connectivity index (χ0) is 26.7. The number of rotatable bonds is 14. The molecule has 0 bridgehead atoms. The Bertz CT molecular complexity index is 904. The van der Waals surface area contributed by atoms with Gasteiger partial charge in [-0.1, -0.05) is 26.0 Å². The molecule has 4 unspecified atom stereocenters. The van der Waals surface area contributed by atoms with E-state index in [0.717, 1.165) is 0 Å². The summed E-state index contributed by atoms with van der Waals surface area (Å²) in [6, 6.07) is 1.59. The predicted octanol–water partition coefficient (Wildman–Crippen LogP) is -0.867. The second kappa shape index (κ2) is 13.9. The van der Waals surface area contributed by atoms with E-state index in [4.69, 9.17) is 11.5 Å². The predicted molar refractivity (Wildman–Crippen MR) is 127 cm³/mol. The summed E-state index contributed by atoms with van der Waals surface area (Å²) < 4.78 is 0. The van der Waals surface area contributed by atoms with Crippen molar-refractivity contribution in [3.05, 3.63) is 29.8 Å². The third-order valence-electron chi connectivity index (χ3n) is 5.12. The molecule has 0 fully saturated rings. The Morgan fingerprint density at radius 2 is 1.46 bits per heavy atom. The van der Waals surface area contributed by atoms with Crippen molar-refractivity contribution in [3.8, 4) is 5.75 Å². The molecular weight excluding hydrogens is 458 g/mol. The highest BCUT2D eigenvalue weighted by molar-refractivity contribution is 5.94. The summed E-state index contributed by atoms with van der Waals surface area (Å²) in [5, 5.41) is 26.1. The molecule has 0 spiro atoms. The summed E-state index contributed by atoms with van der Waals surface area (Å²) in [5.74, 6) is -3.89. The number of phenols is 1. The average molecular weight is 494 g/mol. The van der Waals surface area contributed by atoms with Gasteiger partial charge in [-0.25, -0.2) is 4.79 Å². The molecule has 1 aromatic carbocycles. The molecule has 0 heterocycles. The standard InChI is InChI=1S/C23H35N5O7/c1-12(2)10-16(24)21(32)28-18(11-14-4-6-15(29)7-5-14)22(33)26-13(3)20(31)27-17(23(34)35)8-9-19(25)30/h4-7,12-13,16-18,29H,8-11,24H2,1-3H3,(H2,25,30)(H,26,33)(H,27,31)(H,28,32)(H,34,35). The first-order chi connectivity index (χ1) is 16.3. The summed E-state index contributed by atoms with van der Waals surface area (Å²) in [7, 11) is 0. The zero-order valence-electron chi connectivity index (χ0n) is 20.1. The summed E-state index contributed by atoms with van der Waals surface area (Å²) in [6.07, 6.45) is 0.0106. The molecule has 12 heteroatoms. The van der Waals surface area contributed by atoms with Gasteiger partial charge in [0.25, 0.3) is 0 Å². The lowest BCUT2D eigenvalue weighted by atomic mass is 10.0. The number of carboxylic acid groups (broad SMARTS) is 1. The van der Waals surface area contributed by atoms with E-state index >= 15 is 0 Å². The largest absolute Gasteiger partial charge is 0.508 e. The number of primary amides is 1. The number of benzene rings is 1. The average Bonchev–Trinajstić information content (AvgIpc) is 2.76. The Balaban J connectivity index is 2.92. The molecule has 194 valence electrons. The minimum atomic E-state index is -1.36. The van der Waals surface area contributed by atoms with Gasteiger partial charge in [0.2, 0.25) is 23.6 Å². The number of nitrogens with two attached hydrogens (primary N) is 2. The van der Waals surface area contributed by atoms with Crippen LogP contribution in [0.2, 0.25) is 0 Å². The van der Waals surface area contributed by atoms with Crippen molar-refractivity contribution in [1.82, 2.24) is 16.0 Å². The van der Waals surface area contributed by atoms with Gasteiger partial charge in [-0.2, -0.15) is 0 Å². The van der Waals surface area contributed by atoms with Crippen LogP contribution in [0.3, 0.4) is 0 Å². The van der Waals surface area contributed by atoms with Crippen LogP contribution in [0.1, 0.15) is 45.6 Å². The first-order valence-corrected chi connectivity index (χ1v) is 11.3. The van der Waals surface area contributed by atoms with E-state index in [2.05, 4.69) is 16.0 Å². The van der Waals surface area contributed by atoms with Crippen LogP contribution in [0.5, 0.6) is 5.75 Å². The van der Waals surface area contributed by atoms with Crippen LogP contribution in [0.4, 0.5) is 0 Å². The van der Waals surface area contributed by atoms with Gasteiger partial charge in [0.15, 0.2) is 0 Å². The smallest absolute Gasteiger partial charge is 0.326 e. The van der Waals surface area contributed by atoms with Crippen LogP contribution in [-0.4, -0.2) is 64.0 Å². The molecule has 0 aliphatic rings. The number of hydrogen-bond donors (Lipinski definition) is 7. The summed E-state index contributed by atoms with van der Waals surface area (Å²) in [4.78, 5) is 60.3. The Morgan fingerprint density at radius 3 is 1.97 bits per heavy atom. The van der Waals surface area contributed by atoms with Crippen LogP contribution >= 0.6 is 0 Å². The zero-order valence-corrected chi connectivity index (χ0v) is 20.1. The van der Waals surface area contributed by atoms with Crippen molar-refractivity contribution in [2.24, 2.45) is 17.4 Å². The molecule has 0 aliphatic carbocycles. The van der Waals surface area contributed by atoms with Crippen molar-refractivity contribution in [3.63, 3.8) is 0 Å². The maximum Gasteiger partial charge on any atom is 0.326 e. The highest BCUT2D eigenvalue weighted by atomic mass is 16.4. The molecule has 12 nitrogen and oxygen atoms in total. The summed E-state index contributed by atoms with van der Waals surface area (Å²) in [6.45, 7) is 5.16. The molecular formula is C23H35N5O7. The molecule has 0 aromatic heterocycles. The fraction of sp³-hybridized carbons (Fsp3) is 0.522. The number of aliphatic carboxylic acids is 1. The van der Waals surface area contributed by atoms with E-state index in [1.165, 1.54) is 19.1 Å². The Kier molecular flexibility index (Phi) is 11.7. The topological polar surface area (TPSA) is 214 Å². The molecule has 4 atom stereocenters. The van der Waals surface area contributed by atoms with Crippen LogP contribution in [-0.2, 0) is 30.4 Å². The maximum absolute atomic E-state index is 13.0. The van der Waals surface area contributed by atoms with E-state index in [1.807, 2.05) is 13.8 Å². The van der Waals surface area contributed by atoms with Gasteiger partial charge < -0.3 is 37.6 Å². The van der Waals surface area contributed by atoms with Crippen molar-refractivity contribution in [2.75, 3.05) is 0 Å². The maximum atomic E-state index is 13.0. The minimum absolute atomic E-state index is 0.0346. The van der Waals surface area contributed by atoms with Crippen molar-refractivity contribution in [1.29, 1.82) is 0 Å². The van der Waals surface area contributed by atoms with E-state index in [1.54, 1.807) is 12.1 Å². The number of carbonyl (C=O) groups excluding carboxylic acids is 4. The molecule has 9 N–H and O–H groups in total. The lowest BCUT2D eigenvalue weighted by Crippen LogP contribution is -2.57. The summed E-state index contributed by atoms with van der Waals surface area (Å²) in [5.41, 5.74) is 11.6. The Hall–Kier alpha value is -3.67. The van der Waals surface area contributed by atoms with Crippen LogP contribution in [0, 0.1) is 5.92 Å². The van der Waals surface area contributed by atoms with E-state index in [0.29, 0.717) is 12.0 Å². The molecule has 0 aliphatic heterocycles. The minimum Gasteiger partial charge on any atom is -0.508 e. The molecule has 1 rings (SSSR count). The monoisotopic (exact) mass is 493 g/mol. The van der Waals surface area contributed by atoms with E-state index in [-0.39, 0.29) is 30.9 Å². The number of hydrogen-bond acceptors (Lipinski definition) is 7. The third kappa shape index (κ3) is 10.9. The normalized spacial score (nSPS) is 14.3. The molecule has 0 radical (unpaired) electrons. The second-order valence-electron chi connectivity index (χ2n) is 8.80. The second-order valence-corrected chi connectivity index (χ2v) is 8.80. The lowest BCUT2D eigenvalue weighted by molar-refractivity contribution is -0.142. The van der Waals surface area contributed by atoms with Gasteiger partial charge >= 0.3 is 5.97 Å². The number of aromatic hydroxyl groups is 1. The Morgan fingerprint density at radius 1 is 0.886 bits per heavy atom. The Labute approximate surface area is 203 Å². The van der Waals surface area contributed by atoms with Gasteiger partial charge in [-0.05, 0) is 43.4 Å². The molecule has 0 saturated carbocycles. The van der Waals surface area contributed by atoms with Gasteiger partial charge in [0.1, 0.15) is 23.9 Å². The van der Waals surface area contributed by atoms with E-state index in [9.17, 15) is 34.2 Å². The van der Waals surface area contributed by atoms with E-state index < -0.39 is 53.8 Å². The van der Waals surface area contributed by atoms with Gasteiger partial charge in [-0.15, -0.1) is 0 Å². The van der Waals surface area contributed by atoms with Crippen molar-refractivity contribution >= 4 is 29.6 Å². The first-order valence-electron chi connectivity index (χ1n) is 11.3. The quantitative estimate of drug-likeness (QED) is 0.172. The molecule has 35 heavy (non-hydrogen) atoms. The number of carboxylic acids is 1.